The van der Waals surface area contributed by atoms with Crippen LogP contribution in [-0.4, -0.2) is 66.6 Å². The van der Waals surface area contributed by atoms with Crippen molar-refractivity contribution in [1.29, 1.82) is 0 Å². The summed E-state index contributed by atoms with van der Waals surface area (Å²) in [5.41, 5.74) is 0.517. The molecule has 1 aromatic heterocycles. The van der Waals surface area contributed by atoms with Gasteiger partial charge >= 0.3 is 0 Å². The van der Waals surface area contributed by atoms with E-state index in [0.717, 1.165) is 10.8 Å². The van der Waals surface area contributed by atoms with Gasteiger partial charge in [-0.25, -0.2) is 4.98 Å². The Balaban J connectivity index is 1.83. The molecule has 0 aliphatic rings. The Bertz CT molecular complexity index is 1060. The summed E-state index contributed by atoms with van der Waals surface area (Å²) in [6, 6.07) is 11.7. The Morgan fingerprint density at radius 3 is 2.34 bits per heavy atom. The van der Waals surface area contributed by atoms with Gasteiger partial charge in [-0.15, -0.1) is 0 Å². The lowest BCUT2D eigenvalue weighted by molar-refractivity contribution is -0.129. The van der Waals surface area contributed by atoms with E-state index in [-0.39, 0.29) is 17.2 Å². The van der Waals surface area contributed by atoms with Crippen LogP contribution < -0.4 is 5.56 Å². The summed E-state index contributed by atoms with van der Waals surface area (Å²) in [6.07, 6.45) is 0. The molecule has 2 aromatic carbocycles. The fourth-order valence-corrected chi connectivity index (χ4v) is 3.92. The molecule has 29 heavy (non-hydrogen) atoms. The van der Waals surface area contributed by atoms with Crippen molar-refractivity contribution in [3.05, 3.63) is 46.8 Å². The molecule has 1 heterocycles. The quantitative estimate of drug-likeness (QED) is 0.303. The van der Waals surface area contributed by atoms with E-state index >= 15 is 0 Å². The maximum atomic E-state index is 12.8. The molecule has 3 rings (SSSR count). The first-order chi connectivity index (χ1) is 14.0. The normalized spacial score (nSPS) is 11.3. The monoisotopic (exact) mass is 415 g/mol. The van der Waals surface area contributed by atoms with Crippen LogP contribution in [0.5, 0.6) is 0 Å². The molecular formula is C21H25N3O4S. The number of amides is 1. The fourth-order valence-electron chi connectivity index (χ4n) is 3.05. The van der Waals surface area contributed by atoms with Crippen LogP contribution in [0.1, 0.15) is 0 Å². The smallest absolute Gasteiger partial charge is 0.261 e. The molecule has 0 aliphatic heterocycles. The number of benzene rings is 2. The van der Waals surface area contributed by atoms with Gasteiger partial charge in [0.25, 0.3) is 5.56 Å². The number of carbonyl (C=O) groups is 1. The number of hydrogen-bond donors (Lipinski definition) is 0. The lowest BCUT2D eigenvalue weighted by Crippen LogP contribution is -2.37. The molecule has 0 saturated heterocycles. The largest absolute Gasteiger partial charge is 0.383 e. The van der Waals surface area contributed by atoms with E-state index in [2.05, 4.69) is 4.98 Å². The molecule has 0 unspecified atom stereocenters. The van der Waals surface area contributed by atoms with E-state index in [1.54, 1.807) is 26.2 Å². The van der Waals surface area contributed by atoms with Crippen molar-refractivity contribution in [3.63, 3.8) is 0 Å². The van der Waals surface area contributed by atoms with Crippen LogP contribution >= 0.6 is 11.8 Å². The minimum absolute atomic E-state index is 0.0445. The Morgan fingerprint density at radius 2 is 1.72 bits per heavy atom. The Kier molecular flexibility index (Phi) is 7.24. The summed E-state index contributed by atoms with van der Waals surface area (Å²) in [7, 11) is 4.89. The van der Waals surface area contributed by atoms with Gasteiger partial charge in [0.1, 0.15) is 0 Å². The van der Waals surface area contributed by atoms with E-state index in [4.69, 9.17) is 9.47 Å². The zero-order valence-corrected chi connectivity index (χ0v) is 17.7. The van der Waals surface area contributed by atoms with Crippen LogP contribution in [0.4, 0.5) is 0 Å². The summed E-state index contributed by atoms with van der Waals surface area (Å²) < 4.78 is 11.7. The second kappa shape index (κ2) is 9.87. The number of aromatic nitrogens is 2. The van der Waals surface area contributed by atoms with Crippen molar-refractivity contribution >= 4 is 39.3 Å². The van der Waals surface area contributed by atoms with Gasteiger partial charge < -0.3 is 14.4 Å². The molecule has 154 valence electrons. The summed E-state index contributed by atoms with van der Waals surface area (Å²) in [5, 5.41) is 3.12. The first-order valence-corrected chi connectivity index (χ1v) is 10.3. The Hall–Kier alpha value is -2.42. The van der Waals surface area contributed by atoms with Gasteiger partial charge in [0, 0.05) is 34.4 Å². The summed E-state index contributed by atoms with van der Waals surface area (Å²) in [6.45, 7) is 1.91. The second-order valence-electron chi connectivity index (χ2n) is 6.63. The van der Waals surface area contributed by atoms with Crippen molar-refractivity contribution in [2.45, 2.75) is 5.16 Å². The number of hydrogen-bond acceptors (Lipinski definition) is 6. The maximum absolute atomic E-state index is 12.8. The molecule has 0 radical (unpaired) electrons. The van der Waals surface area contributed by atoms with E-state index in [0.29, 0.717) is 42.4 Å². The van der Waals surface area contributed by atoms with E-state index in [9.17, 15) is 9.59 Å². The highest BCUT2D eigenvalue weighted by molar-refractivity contribution is 7.99. The Morgan fingerprint density at radius 1 is 1.10 bits per heavy atom. The highest BCUT2D eigenvalue weighted by Crippen LogP contribution is 2.22. The second-order valence-corrected chi connectivity index (χ2v) is 7.57. The lowest BCUT2D eigenvalue weighted by atomic mass is 10.1. The molecule has 1 amide bonds. The van der Waals surface area contributed by atoms with Crippen LogP contribution in [0.2, 0.25) is 0 Å². The number of rotatable bonds is 9. The third kappa shape index (κ3) is 4.95. The van der Waals surface area contributed by atoms with Gasteiger partial charge in [-0.05, 0) is 22.9 Å². The van der Waals surface area contributed by atoms with Crippen LogP contribution in [0.15, 0.2) is 46.3 Å². The fraction of sp³-hybridized carbons (Fsp3) is 0.381. The third-order valence-corrected chi connectivity index (χ3v) is 5.72. The van der Waals surface area contributed by atoms with Crippen molar-refractivity contribution in [2.75, 3.05) is 46.3 Å². The molecule has 3 aromatic rings. The highest BCUT2D eigenvalue weighted by Gasteiger charge is 2.16. The van der Waals surface area contributed by atoms with Crippen molar-refractivity contribution in [3.8, 4) is 0 Å². The predicted molar refractivity (Wildman–Crippen MR) is 116 cm³/mol. The highest BCUT2D eigenvalue weighted by atomic mass is 32.2. The van der Waals surface area contributed by atoms with Crippen LogP contribution in [0.3, 0.4) is 0 Å². The zero-order chi connectivity index (χ0) is 20.8. The SMILES string of the molecule is COCCN(CCOC)C(=O)CSc1nc2cc3ccccc3cc2c(=O)n1C. The molecule has 0 spiro atoms. The van der Waals surface area contributed by atoms with Crippen molar-refractivity contribution in [1.82, 2.24) is 14.5 Å². The summed E-state index contributed by atoms with van der Waals surface area (Å²) in [5.74, 6) is 0.143. The first kappa shape index (κ1) is 21.3. The summed E-state index contributed by atoms with van der Waals surface area (Å²) >= 11 is 1.26. The van der Waals surface area contributed by atoms with Gasteiger partial charge in [0.15, 0.2) is 5.16 Å². The van der Waals surface area contributed by atoms with Gasteiger partial charge in [0.05, 0.1) is 29.9 Å². The van der Waals surface area contributed by atoms with E-state index in [1.807, 2.05) is 36.4 Å². The van der Waals surface area contributed by atoms with Crippen molar-refractivity contribution in [2.24, 2.45) is 7.05 Å². The number of carbonyl (C=O) groups excluding carboxylic acids is 1. The molecule has 0 fully saturated rings. The zero-order valence-electron chi connectivity index (χ0n) is 16.9. The number of fused-ring (bicyclic) bond motifs is 2. The standard InChI is InChI=1S/C21H25N3O4S/c1-23-20(26)17-12-15-6-4-5-7-16(15)13-18(17)22-21(23)29-14-19(25)24(8-10-27-2)9-11-28-3/h4-7,12-13H,8-11,14H2,1-3H3. The number of nitrogens with zero attached hydrogens (tertiary/aromatic N) is 3. The van der Waals surface area contributed by atoms with Gasteiger partial charge in [-0.3, -0.25) is 14.2 Å². The lowest BCUT2D eigenvalue weighted by Gasteiger charge is -2.22. The number of ether oxygens (including phenoxy) is 2. The van der Waals surface area contributed by atoms with Crippen molar-refractivity contribution < 1.29 is 14.3 Å². The van der Waals surface area contributed by atoms with Gasteiger partial charge in [0.2, 0.25) is 5.91 Å². The van der Waals surface area contributed by atoms with Gasteiger partial charge in [-0.1, -0.05) is 36.0 Å². The number of thioether (sulfide) groups is 1. The van der Waals surface area contributed by atoms with Crippen LogP contribution in [0, 0.1) is 0 Å². The molecule has 8 heteroatoms. The molecule has 0 N–H and O–H groups in total. The van der Waals surface area contributed by atoms with E-state index < -0.39 is 0 Å². The average molecular weight is 416 g/mol. The molecule has 7 nitrogen and oxygen atoms in total. The van der Waals surface area contributed by atoms with Crippen LogP contribution in [-0.2, 0) is 21.3 Å². The molecular weight excluding hydrogens is 390 g/mol. The minimum atomic E-state index is -0.119. The summed E-state index contributed by atoms with van der Waals surface area (Å²) in [4.78, 5) is 31.8. The van der Waals surface area contributed by atoms with E-state index in [1.165, 1.54) is 16.3 Å². The molecule has 0 bridgehead atoms. The third-order valence-electron chi connectivity index (χ3n) is 4.71. The van der Waals surface area contributed by atoms with Crippen LogP contribution in [0.25, 0.3) is 21.7 Å². The number of methoxy groups -OCH3 is 2. The molecule has 0 atom stereocenters. The maximum Gasteiger partial charge on any atom is 0.261 e. The average Bonchev–Trinajstić information content (AvgIpc) is 2.74. The molecule has 0 saturated carbocycles. The minimum Gasteiger partial charge on any atom is -0.383 e. The first-order valence-electron chi connectivity index (χ1n) is 9.33. The Labute approximate surface area is 173 Å². The predicted octanol–water partition coefficient (Wildman–Crippen LogP) is 2.30. The topological polar surface area (TPSA) is 73.7 Å². The molecule has 0 aliphatic carbocycles. The van der Waals surface area contributed by atoms with Gasteiger partial charge in [-0.2, -0.15) is 0 Å².